The Morgan fingerprint density at radius 1 is 1.37 bits per heavy atom. The Bertz CT molecular complexity index is 705. The molecule has 1 aromatic carbocycles. The van der Waals surface area contributed by atoms with Crippen LogP contribution in [-0.4, -0.2) is 9.38 Å². The smallest absolute Gasteiger partial charge is 0.194 e. The van der Waals surface area contributed by atoms with E-state index in [0.29, 0.717) is 6.54 Å². The predicted octanol–water partition coefficient (Wildman–Crippen LogP) is 3.80. The molecule has 19 heavy (non-hydrogen) atoms. The number of fused-ring (bicyclic) bond motifs is 1. The Balaban J connectivity index is 1.85. The number of hydrogen-bond acceptors (Lipinski definition) is 4. The van der Waals surface area contributed by atoms with Crippen LogP contribution in [0.1, 0.15) is 11.3 Å². The van der Waals surface area contributed by atoms with E-state index in [1.54, 1.807) is 23.1 Å². The molecule has 2 heterocycles. The third kappa shape index (κ3) is 2.51. The minimum atomic E-state index is 0.489. The molecule has 3 rings (SSSR count). The van der Waals surface area contributed by atoms with Gasteiger partial charge in [-0.3, -0.25) is 4.40 Å². The molecule has 0 aliphatic rings. The SMILES string of the molecule is NCc1c(SCc2ccccc2Cl)nc2sccn12. The monoisotopic (exact) mass is 309 g/mol. The average molecular weight is 310 g/mol. The molecule has 2 N–H and O–H groups in total. The van der Waals surface area contributed by atoms with Crippen molar-refractivity contribution in [3.8, 4) is 0 Å². The number of nitrogens with two attached hydrogens (primary N) is 1. The van der Waals surface area contributed by atoms with E-state index in [2.05, 4.69) is 9.38 Å². The van der Waals surface area contributed by atoms with Crippen molar-refractivity contribution in [1.29, 1.82) is 0 Å². The molecule has 0 aliphatic heterocycles. The zero-order chi connectivity index (χ0) is 13.2. The first-order valence-electron chi connectivity index (χ1n) is 5.80. The van der Waals surface area contributed by atoms with Gasteiger partial charge in [-0.2, -0.15) is 0 Å². The maximum absolute atomic E-state index is 6.16. The van der Waals surface area contributed by atoms with E-state index in [1.807, 2.05) is 35.8 Å². The van der Waals surface area contributed by atoms with E-state index in [0.717, 1.165) is 32.0 Å². The van der Waals surface area contributed by atoms with Gasteiger partial charge in [0.05, 0.1) is 5.69 Å². The predicted molar refractivity (Wildman–Crippen MR) is 82.0 cm³/mol. The van der Waals surface area contributed by atoms with Crippen LogP contribution in [0.25, 0.3) is 4.96 Å². The Kier molecular flexibility index (Phi) is 3.79. The van der Waals surface area contributed by atoms with Gasteiger partial charge >= 0.3 is 0 Å². The van der Waals surface area contributed by atoms with Crippen LogP contribution in [0.3, 0.4) is 0 Å². The van der Waals surface area contributed by atoms with Gasteiger partial charge in [0.2, 0.25) is 0 Å². The molecule has 0 spiro atoms. The van der Waals surface area contributed by atoms with E-state index < -0.39 is 0 Å². The first kappa shape index (κ1) is 13.0. The molecular weight excluding hydrogens is 298 g/mol. The van der Waals surface area contributed by atoms with Crippen LogP contribution >= 0.6 is 34.7 Å². The van der Waals surface area contributed by atoms with Crippen molar-refractivity contribution in [3.63, 3.8) is 0 Å². The van der Waals surface area contributed by atoms with E-state index in [1.165, 1.54) is 0 Å². The summed E-state index contributed by atoms with van der Waals surface area (Å²) >= 11 is 9.46. The molecule has 0 saturated carbocycles. The number of nitrogens with zero attached hydrogens (tertiary/aromatic N) is 2. The van der Waals surface area contributed by atoms with Crippen LogP contribution in [-0.2, 0) is 12.3 Å². The lowest BCUT2D eigenvalue weighted by Crippen LogP contribution is -2.01. The number of benzene rings is 1. The second kappa shape index (κ2) is 5.54. The highest BCUT2D eigenvalue weighted by Crippen LogP contribution is 2.30. The minimum Gasteiger partial charge on any atom is -0.325 e. The highest BCUT2D eigenvalue weighted by molar-refractivity contribution is 7.98. The maximum atomic E-state index is 6.16. The lowest BCUT2D eigenvalue weighted by atomic mass is 10.2. The molecule has 0 saturated heterocycles. The first-order chi connectivity index (χ1) is 9.29. The Labute approximate surface area is 124 Å². The fourth-order valence-corrected chi connectivity index (χ4v) is 3.99. The molecule has 0 bridgehead atoms. The van der Waals surface area contributed by atoms with Gasteiger partial charge in [0.25, 0.3) is 0 Å². The normalized spacial score (nSPS) is 11.3. The molecule has 6 heteroatoms. The second-order valence-corrected chi connectivity index (χ2v) is 6.25. The Morgan fingerprint density at radius 3 is 3.00 bits per heavy atom. The summed E-state index contributed by atoms with van der Waals surface area (Å²) in [5.74, 6) is 0.803. The average Bonchev–Trinajstić information content (AvgIpc) is 2.97. The number of thioether (sulfide) groups is 1. The van der Waals surface area contributed by atoms with E-state index in [4.69, 9.17) is 17.3 Å². The lowest BCUT2D eigenvalue weighted by Gasteiger charge is -2.03. The van der Waals surface area contributed by atoms with Crippen LogP contribution in [0, 0.1) is 0 Å². The minimum absolute atomic E-state index is 0.489. The summed E-state index contributed by atoms with van der Waals surface area (Å²) in [4.78, 5) is 5.60. The van der Waals surface area contributed by atoms with Crippen molar-refractivity contribution in [2.75, 3.05) is 0 Å². The van der Waals surface area contributed by atoms with Gasteiger partial charge in [-0.1, -0.05) is 41.6 Å². The lowest BCUT2D eigenvalue weighted by molar-refractivity contribution is 0.924. The van der Waals surface area contributed by atoms with Gasteiger partial charge in [-0.05, 0) is 11.6 Å². The van der Waals surface area contributed by atoms with Crippen molar-refractivity contribution >= 4 is 39.7 Å². The van der Waals surface area contributed by atoms with Gasteiger partial charge in [0.1, 0.15) is 5.03 Å². The molecule has 98 valence electrons. The Morgan fingerprint density at radius 2 is 2.21 bits per heavy atom. The number of rotatable bonds is 4. The molecule has 3 aromatic rings. The number of hydrogen-bond donors (Lipinski definition) is 1. The third-order valence-corrected chi connectivity index (χ3v) is 5.02. The highest BCUT2D eigenvalue weighted by atomic mass is 35.5. The number of halogens is 1. The molecule has 0 fully saturated rings. The van der Waals surface area contributed by atoms with Gasteiger partial charge in [-0.15, -0.1) is 11.3 Å². The summed E-state index contributed by atoms with van der Waals surface area (Å²) in [6.07, 6.45) is 2.01. The van der Waals surface area contributed by atoms with Crippen molar-refractivity contribution < 1.29 is 0 Å². The summed E-state index contributed by atoms with van der Waals surface area (Å²) in [5.41, 5.74) is 8.01. The van der Waals surface area contributed by atoms with E-state index in [-0.39, 0.29) is 0 Å². The maximum Gasteiger partial charge on any atom is 0.194 e. The quantitative estimate of drug-likeness (QED) is 0.745. The first-order valence-corrected chi connectivity index (χ1v) is 8.04. The fourth-order valence-electron chi connectivity index (χ4n) is 1.88. The van der Waals surface area contributed by atoms with Gasteiger partial charge in [0, 0.05) is 28.9 Å². The standard InChI is InChI=1S/C13H12ClN3S2/c14-10-4-2-1-3-9(10)8-19-12-11(7-15)17-5-6-18-13(17)16-12/h1-6H,7-8,15H2. The van der Waals surface area contributed by atoms with Gasteiger partial charge in [0.15, 0.2) is 4.96 Å². The molecule has 0 aliphatic carbocycles. The summed E-state index contributed by atoms with van der Waals surface area (Å²) < 4.78 is 2.06. The summed E-state index contributed by atoms with van der Waals surface area (Å²) in [5, 5.41) is 3.81. The van der Waals surface area contributed by atoms with Crippen LogP contribution in [0.4, 0.5) is 0 Å². The van der Waals surface area contributed by atoms with Crippen molar-refractivity contribution in [1.82, 2.24) is 9.38 Å². The third-order valence-electron chi connectivity index (χ3n) is 2.84. The second-order valence-electron chi connectivity index (χ2n) is 4.00. The molecule has 0 amide bonds. The molecule has 0 atom stereocenters. The van der Waals surface area contributed by atoms with Crippen molar-refractivity contribution in [2.45, 2.75) is 17.3 Å². The topological polar surface area (TPSA) is 43.3 Å². The molecular formula is C13H12ClN3S2. The van der Waals surface area contributed by atoms with Crippen LogP contribution in [0.5, 0.6) is 0 Å². The van der Waals surface area contributed by atoms with Crippen LogP contribution < -0.4 is 5.73 Å². The summed E-state index contributed by atoms with van der Waals surface area (Å²) in [6.45, 7) is 0.489. The highest BCUT2D eigenvalue weighted by Gasteiger charge is 2.12. The molecule has 2 aromatic heterocycles. The fraction of sp³-hybridized carbons (Fsp3) is 0.154. The van der Waals surface area contributed by atoms with Crippen LogP contribution in [0.15, 0.2) is 40.9 Å². The number of aromatic nitrogens is 2. The van der Waals surface area contributed by atoms with Crippen molar-refractivity contribution in [3.05, 3.63) is 52.1 Å². The van der Waals surface area contributed by atoms with E-state index in [9.17, 15) is 0 Å². The summed E-state index contributed by atoms with van der Waals surface area (Å²) in [7, 11) is 0. The van der Waals surface area contributed by atoms with Crippen molar-refractivity contribution in [2.24, 2.45) is 5.73 Å². The number of thiazole rings is 1. The molecule has 0 unspecified atom stereocenters. The summed E-state index contributed by atoms with van der Waals surface area (Å²) in [6, 6.07) is 7.88. The van der Waals surface area contributed by atoms with Gasteiger partial charge < -0.3 is 5.73 Å². The molecule has 3 nitrogen and oxygen atoms in total. The van der Waals surface area contributed by atoms with Gasteiger partial charge in [-0.25, -0.2) is 4.98 Å². The zero-order valence-corrected chi connectivity index (χ0v) is 12.4. The Hall–Kier alpha value is -1.01. The van der Waals surface area contributed by atoms with Crippen LogP contribution in [0.2, 0.25) is 5.02 Å². The van der Waals surface area contributed by atoms with E-state index >= 15 is 0 Å². The zero-order valence-electron chi connectivity index (χ0n) is 10.0. The number of imidazole rings is 1. The largest absolute Gasteiger partial charge is 0.325 e. The molecule has 0 radical (unpaired) electrons.